The van der Waals surface area contributed by atoms with E-state index in [4.69, 9.17) is 4.74 Å². The molecule has 102 valence electrons. The van der Waals surface area contributed by atoms with E-state index in [1.54, 1.807) is 0 Å². The Kier molecular flexibility index (Phi) is 3.76. The zero-order chi connectivity index (χ0) is 13.9. The smallest absolute Gasteiger partial charge is 0.241 e. The Balaban J connectivity index is 2.17. The van der Waals surface area contributed by atoms with Gasteiger partial charge in [-0.25, -0.2) is 22.5 Å². The van der Waals surface area contributed by atoms with Crippen molar-refractivity contribution >= 4 is 10.0 Å². The molecular formula is C10H11FN4O3S. The molecule has 0 saturated carbocycles. The zero-order valence-corrected chi connectivity index (χ0v) is 10.7. The van der Waals surface area contributed by atoms with Crippen LogP contribution in [0, 0.1) is 5.82 Å². The van der Waals surface area contributed by atoms with E-state index in [0.717, 1.165) is 6.07 Å². The Labute approximate surface area is 108 Å². The highest BCUT2D eigenvalue weighted by molar-refractivity contribution is 7.89. The van der Waals surface area contributed by atoms with Crippen LogP contribution in [0.2, 0.25) is 0 Å². The molecule has 1 aromatic heterocycles. The van der Waals surface area contributed by atoms with Crippen molar-refractivity contribution in [2.75, 3.05) is 7.11 Å². The standard InChI is InChI=1S/C10H11FN4O3S/c1-18-9-3-2-7(4-8(9)11)19(16,17)14-5-10-12-6-13-15-10/h2-4,6,14H,5H2,1H3,(H,12,13,15). The molecule has 0 aliphatic carbocycles. The van der Waals surface area contributed by atoms with Crippen molar-refractivity contribution in [2.45, 2.75) is 11.4 Å². The van der Waals surface area contributed by atoms with Crippen LogP contribution in [0.15, 0.2) is 29.4 Å². The number of sulfonamides is 1. The third-order valence-corrected chi connectivity index (χ3v) is 3.73. The van der Waals surface area contributed by atoms with Crippen molar-refractivity contribution in [3.63, 3.8) is 0 Å². The van der Waals surface area contributed by atoms with Gasteiger partial charge in [0.15, 0.2) is 11.6 Å². The molecule has 1 aromatic carbocycles. The largest absolute Gasteiger partial charge is 0.494 e. The van der Waals surface area contributed by atoms with Gasteiger partial charge in [-0.05, 0) is 18.2 Å². The predicted octanol–water partition coefficient (Wildman–Crippen LogP) is 0.431. The monoisotopic (exact) mass is 286 g/mol. The number of halogens is 1. The van der Waals surface area contributed by atoms with Crippen LogP contribution < -0.4 is 9.46 Å². The van der Waals surface area contributed by atoms with Gasteiger partial charge in [0, 0.05) is 0 Å². The number of ether oxygens (including phenoxy) is 1. The molecule has 2 rings (SSSR count). The highest BCUT2D eigenvalue weighted by atomic mass is 32.2. The van der Waals surface area contributed by atoms with Crippen LogP contribution in [0.3, 0.4) is 0 Å². The average Bonchev–Trinajstić information content (AvgIpc) is 2.89. The minimum atomic E-state index is -3.82. The third-order valence-electron chi connectivity index (χ3n) is 2.33. The number of benzene rings is 1. The number of nitrogens with one attached hydrogen (secondary N) is 2. The molecule has 0 radical (unpaired) electrons. The minimum absolute atomic E-state index is 0.0193. The van der Waals surface area contributed by atoms with Gasteiger partial charge >= 0.3 is 0 Å². The number of rotatable bonds is 5. The van der Waals surface area contributed by atoms with Crippen molar-refractivity contribution in [3.8, 4) is 5.75 Å². The van der Waals surface area contributed by atoms with Crippen molar-refractivity contribution in [3.05, 3.63) is 36.2 Å². The van der Waals surface area contributed by atoms with Gasteiger partial charge in [0.1, 0.15) is 12.2 Å². The van der Waals surface area contributed by atoms with Crippen LogP contribution in [-0.4, -0.2) is 30.7 Å². The number of H-pyrrole nitrogens is 1. The lowest BCUT2D eigenvalue weighted by molar-refractivity contribution is 0.385. The Bertz CT molecular complexity index is 657. The summed E-state index contributed by atoms with van der Waals surface area (Å²) >= 11 is 0. The first-order valence-corrected chi connectivity index (χ1v) is 6.68. The fraction of sp³-hybridized carbons (Fsp3) is 0.200. The number of aromatic amines is 1. The van der Waals surface area contributed by atoms with Gasteiger partial charge in [-0.2, -0.15) is 5.10 Å². The lowest BCUT2D eigenvalue weighted by Crippen LogP contribution is -2.24. The van der Waals surface area contributed by atoms with E-state index in [2.05, 4.69) is 19.9 Å². The Morgan fingerprint density at radius 2 is 2.26 bits per heavy atom. The number of hydrogen-bond acceptors (Lipinski definition) is 5. The molecule has 0 amide bonds. The fourth-order valence-electron chi connectivity index (χ4n) is 1.38. The van der Waals surface area contributed by atoms with Crippen molar-refractivity contribution in [1.29, 1.82) is 0 Å². The van der Waals surface area contributed by atoms with Gasteiger partial charge in [-0.3, -0.25) is 5.10 Å². The van der Waals surface area contributed by atoms with Crippen molar-refractivity contribution in [2.24, 2.45) is 0 Å². The van der Waals surface area contributed by atoms with Crippen LogP contribution in [0.1, 0.15) is 5.82 Å². The van der Waals surface area contributed by atoms with E-state index >= 15 is 0 Å². The van der Waals surface area contributed by atoms with Gasteiger partial charge in [-0.15, -0.1) is 0 Å². The molecular weight excluding hydrogens is 275 g/mol. The molecule has 19 heavy (non-hydrogen) atoms. The van der Waals surface area contributed by atoms with E-state index < -0.39 is 15.8 Å². The normalized spacial score (nSPS) is 11.5. The Morgan fingerprint density at radius 3 is 2.84 bits per heavy atom. The number of hydrogen-bond donors (Lipinski definition) is 2. The summed E-state index contributed by atoms with van der Waals surface area (Å²) in [6, 6.07) is 3.39. The summed E-state index contributed by atoms with van der Waals surface area (Å²) in [6.45, 7) is -0.0595. The lowest BCUT2D eigenvalue weighted by Gasteiger charge is -2.07. The van der Waals surface area contributed by atoms with Gasteiger partial charge in [0.25, 0.3) is 0 Å². The lowest BCUT2D eigenvalue weighted by atomic mass is 10.3. The van der Waals surface area contributed by atoms with Crippen LogP contribution in [0.4, 0.5) is 4.39 Å². The third kappa shape index (κ3) is 3.06. The molecule has 0 atom stereocenters. The molecule has 2 N–H and O–H groups in total. The minimum Gasteiger partial charge on any atom is -0.494 e. The molecule has 0 bridgehead atoms. The summed E-state index contributed by atoms with van der Waals surface area (Å²) in [4.78, 5) is 3.58. The van der Waals surface area contributed by atoms with E-state index in [0.29, 0.717) is 5.82 Å². The second-order valence-corrected chi connectivity index (χ2v) is 5.32. The maximum absolute atomic E-state index is 13.4. The summed E-state index contributed by atoms with van der Waals surface area (Å²) in [5.74, 6) is -0.406. The molecule has 0 saturated heterocycles. The van der Waals surface area contributed by atoms with Gasteiger partial charge in [0.05, 0.1) is 18.6 Å². The first-order chi connectivity index (χ1) is 9.03. The SMILES string of the molecule is COc1ccc(S(=O)(=O)NCc2ncn[nH]2)cc1F. The van der Waals surface area contributed by atoms with Crippen molar-refractivity contribution in [1.82, 2.24) is 19.9 Å². The van der Waals surface area contributed by atoms with Crippen LogP contribution in [-0.2, 0) is 16.6 Å². The second kappa shape index (κ2) is 5.33. The number of aromatic nitrogens is 3. The summed E-state index contributed by atoms with van der Waals surface area (Å²) in [6.07, 6.45) is 1.26. The van der Waals surface area contributed by atoms with Gasteiger partial charge in [0.2, 0.25) is 10.0 Å². The number of methoxy groups -OCH3 is 1. The zero-order valence-electron chi connectivity index (χ0n) is 9.92. The topological polar surface area (TPSA) is 97.0 Å². The fourth-order valence-corrected chi connectivity index (χ4v) is 2.38. The van der Waals surface area contributed by atoms with E-state index in [9.17, 15) is 12.8 Å². The number of nitrogens with zero attached hydrogens (tertiary/aromatic N) is 2. The molecule has 0 aliphatic heterocycles. The first kappa shape index (κ1) is 13.4. The Hall–Kier alpha value is -2.00. The molecule has 9 heteroatoms. The Morgan fingerprint density at radius 1 is 1.47 bits per heavy atom. The summed E-state index contributed by atoms with van der Waals surface area (Å²) in [7, 11) is -2.52. The second-order valence-electron chi connectivity index (χ2n) is 3.55. The highest BCUT2D eigenvalue weighted by Gasteiger charge is 2.16. The molecule has 0 fully saturated rings. The average molecular weight is 286 g/mol. The van der Waals surface area contributed by atoms with Gasteiger partial charge in [-0.1, -0.05) is 0 Å². The summed E-state index contributed by atoms with van der Waals surface area (Å²) in [5.41, 5.74) is 0. The molecule has 0 unspecified atom stereocenters. The van der Waals surface area contributed by atoms with E-state index in [1.807, 2.05) is 0 Å². The summed E-state index contributed by atoms with van der Waals surface area (Å²) < 4.78 is 44.2. The quantitative estimate of drug-likeness (QED) is 0.831. The summed E-state index contributed by atoms with van der Waals surface area (Å²) in [5, 5.41) is 6.09. The predicted molar refractivity (Wildman–Crippen MR) is 63.4 cm³/mol. The molecule has 1 heterocycles. The van der Waals surface area contributed by atoms with Crippen LogP contribution >= 0.6 is 0 Å². The highest BCUT2D eigenvalue weighted by Crippen LogP contribution is 2.20. The van der Waals surface area contributed by atoms with Crippen molar-refractivity contribution < 1.29 is 17.5 Å². The molecule has 0 aliphatic rings. The molecule has 0 spiro atoms. The van der Waals surface area contributed by atoms with Crippen LogP contribution in [0.5, 0.6) is 5.75 Å². The van der Waals surface area contributed by atoms with Gasteiger partial charge < -0.3 is 4.74 Å². The molecule has 7 nitrogen and oxygen atoms in total. The van der Waals surface area contributed by atoms with Crippen LogP contribution in [0.25, 0.3) is 0 Å². The first-order valence-electron chi connectivity index (χ1n) is 5.20. The van der Waals surface area contributed by atoms with E-state index in [1.165, 1.54) is 25.6 Å². The molecule has 2 aromatic rings. The maximum atomic E-state index is 13.4. The maximum Gasteiger partial charge on any atom is 0.241 e. The van der Waals surface area contributed by atoms with E-state index in [-0.39, 0.29) is 17.2 Å².